The molecular weight excluding hydrogens is 197 g/mol. The number of aliphatic hydroxyl groups excluding tert-OH is 1. The summed E-state index contributed by atoms with van der Waals surface area (Å²) in [6.07, 6.45) is 0.830. The second-order valence-electron chi connectivity index (χ2n) is 2.60. The number of hydrogen-bond donors (Lipinski definition) is 1. The molecule has 0 aromatic carbocycles. The molecule has 0 saturated heterocycles. The lowest BCUT2D eigenvalue weighted by Crippen LogP contribution is -1.97. The Morgan fingerprint density at radius 1 is 1.50 bits per heavy atom. The van der Waals surface area contributed by atoms with Gasteiger partial charge in [0.05, 0.1) is 21.8 Å². The number of rotatable bonds is 1. The summed E-state index contributed by atoms with van der Waals surface area (Å²) in [6.45, 7) is 3.39. The number of nitrogens with zero attached hydrogens (tertiary/aromatic N) is 1. The maximum Gasteiger partial charge on any atom is 0.0792 e. The summed E-state index contributed by atoms with van der Waals surface area (Å²) < 4.78 is 0. The smallest absolute Gasteiger partial charge is 0.0792 e. The predicted molar refractivity (Wildman–Crippen MR) is 49.6 cm³/mol. The SMILES string of the molecule is Cc1ncc(Cl)c([C@H](C)O)c1Cl. The van der Waals surface area contributed by atoms with Crippen LogP contribution < -0.4 is 0 Å². The minimum absolute atomic E-state index is 0.403. The molecule has 1 aromatic heterocycles. The van der Waals surface area contributed by atoms with E-state index in [-0.39, 0.29) is 0 Å². The monoisotopic (exact) mass is 205 g/mol. The molecule has 0 aliphatic heterocycles. The van der Waals surface area contributed by atoms with Crippen LogP contribution in [0.25, 0.3) is 0 Å². The van der Waals surface area contributed by atoms with Crippen molar-refractivity contribution in [3.05, 3.63) is 27.5 Å². The molecule has 66 valence electrons. The van der Waals surface area contributed by atoms with Gasteiger partial charge in [-0.2, -0.15) is 0 Å². The second kappa shape index (κ2) is 3.60. The Morgan fingerprint density at radius 2 is 2.08 bits per heavy atom. The summed E-state index contributed by atoms with van der Waals surface area (Å²) >= 11 is 11.7. The Morgan fingerprint density at radius 3 is 2.50 bits per heavy atom. The zero-order chi connectivity index (χ0) is 9.30. The molecule has 1 rings (SSSR count). The van der Waals surface area contributed by atoms with Crippen LogP contribution >= 0.6 is 23.2 Å². The van der Waals surface area contributed by atoms with Crippen LogP contribution in [-0.2, 0) is 0 Å². The van der Waals surface area contributed by atoms with Crippen LogP contribution in [0.5, 0.6) is 0 Å². The summed E-state index contributed by atoms with van der Waals surface area (Å²) in [6, 6.07) is 0. The molecule has 0 radical (unpaired) electrons. The number of halogens is 2. The molecule has 0 bridgehead atoms. The average molecular weight is 206 g/mol. The van der Waals surface area contributed by atoms with Crippen LogP contribution in [0.3, 0.4) is 0 Å². The van der Waals surface area contributed by atoms with Crippen LogP contribution in [0.1, 0.15) is 24.3 Å². The van der Waals surface area contributed by atoms with E-state index in [0.29, 0.717) is 21.3 Å². The Labute approximate surface area is 81.1 Å². The van der Waals surface area contributed by atoms with Crippen molar-refractivity contribution in [2.24, 2.45) is 0 Å². The van der Waals surface area contributed by atoms with Crippen molar-refractivity contribution < 1.29 is 5.11 Å². The molecule has 1 heterocycles. The summed E-state index contributed by atoms with van der Waals surface area (Å²) in [5, 5.41) is 10.2. The van der Waals surface area contributed by atoms with Gasteiger partial charge in [-0.1, -0.05) is 23.2 Å². The van der Waals surface area contributed by atoms with E-state index in [1.807, 2.05) is 0 Å². The summed E-state index contributed by atoms with van der Waals surface area (Å²) in [5.74, 6) is 0. The first-order chi connectivity index (χ1) is 5.54. The Hall–Kier alpha value is -0.310. The molecule has 0 aliphatic rings. The van der Waals surface area contributed by atoms with Gasteiger partial charge in [0.1, 0.15) is 0 Å². The van der Waals surface area contributed by atoms with Gasteiger partial charge in [0.2, 0.25) is 0 Å². The fourth-order valence-corrected chi connectivity index (χ4v) is 1.62. The third-order valence-corrected chi connectivity index (χ3v) is 2.38. The second-order valence-corrected chi connectivity index (χ2v) is 3.38. The number of hydrogen-bond acceptors (Lipinski definition) is 2. The first-order valence-corrected chi connectivity index (χ1v) is 4.28. The van der Waals surface area contributed by atoms with Gasteiger partial charge in [0.15, 0.2) is 0 Å². The third-order valence-electron chi connectivity index (χ3n) is 1.60. The lowest BCUT2D eigenvalue weighted by Gasteiger charge is -2.10. The molecule has 0 aliphatic carbocycles. The lowest BCUT2D eigenvalue weighted by molar-refractivity contribution is 0.199. The molecule has 4 heteroatoms. The van der Waals surface area contributed by atoms with Gasteiger partial charge in [-0.25, -0.2) is 0 Å². The van der Waals surface area contributed by atoms with Gasteiger partial charge >= 0.3 is 0 Å². The van der Waals surface area contributed by atoms with Crippen molar-refractivity contribution in [2.75, 3.05) is 0 Å². The highest BCUT2D eigenvalue weighted by molar-refractivity contribution is 6.36. The Kier molecular flexibility index (Phi) is 2.94. The molecule has 1 aromatic rings. The van der Waals surface area contributed by atoms with Crippen molar-refractivity contribution in [1.29, 1.82) is 0 Å². The third kappa shape index (κ3) is 1.71. The molecular formula is C8H9Cl2NO. The molecule has 12 heavy (non-hydrogen) atoms. The molecule has 0 spiro atoms. The van der Waals surface area contributed by atoms with Crippen LogP contribution in [0.15, 0.2) is 6.20 Å². The van der Waals surface area contributed by atoms with E-state index in [1.54, 1.807) is 13.8 Å². The summed E-state index contributed by atoms with van der Waals surface area (Å²) in [5.41, 5.74) is 1.22. The zero-order valence-corrected chi connectivity index (χ0v) is 8.32. The van der Waals surface area contributed by atoms with E-state index in [4.69, 9.17) is 23.2 Å². The Bertz CT molecular complexity index is 299. The predicted octanol–water partition coefficient (Wildman–Crippen LogP) is 2.75. The first kappa shape index (κ1) is 9.78. The lowest BCUT2D eigenvalue weighted by atomic mass is 10.1. The first-order valence-electron chi connectivity index (χ1n) is 3.52. The van der Waals surface area contributed by atoms with Gasteiger partial charge in [-0.05, 0) is 13.8 Å². The topological polar surface area (TPSA) is 33.1 Å². The maximum atomic E-state index is 9.31. The maximum absolute atomic E-state index is 9.31. The van der Waals surface area contributed by atoms with E-state index >= 15 is 0 Å². The van der Waals surface area contributed by atoms with Crippen molar-refractivity contribution in [1.82, 2.24) is 4.98 Å². The average Bonchev–Trinajstić information content (AvgIpc) is 1.97. The fourth-order valence-electron chi connectivity index (χ4n) is 0.962. The van der Waals surface area contributed by atoms with Gasteiger partial charge in [-0.15, -0.1) is 0 Å². The normalized spacial score (nSPS) is 13.1. The highest BCUT2D eigenvalue weighted by Gasteiger charge is 2.13. The van der Waals surface area contributed by atoms with E-state index in [9.17, 15) is 5.11 Å². The molecule has 0 amide bonds. The standard InChI is InChI=1S/C8H9Cl2NO/c1-4-8(10)7(5(2)12)6(9)3-11-4/h3,5,12H,1-2H3/t5-/m0/s1. The minimum atomic E-state index is -0.660. The van der Waals surface area contributed by atoms with Crippen LogP contribution in [-0.4, -0.2) is 10.1 Å². The summed E-state index contributed by atoms with van der Waals surface area (Å²) in [7, 11) is 0. The number of aromatic nitrogens is 1. The number of aliphatic hydroxyl groups is 1. The van der Waals surface area contributed by atoms with Crippen molar-refractivity contribution in [3.63, 3.8) is 0 Å². The van der Waals surface area contributed by atoms with Crippen LogP contribution in [0.4, 0.5) is 0 Å². The highest BCUT2D eigenvalue weighted by Crippen LogP contribution is 2.30. The van der Waals surface area contributed by atoms with Gasteiger partial charge in [-0.3, -0.25) is 4.98 Å². The van der Waals surface area contributed by atoms with Crippen molar-refractivity contribution >= 4 is 23.2 Å². The zero-order valence-electron chi connectivity index (χ0n) is 6.81. The fraction of sp³-hybridized carbons (Fsp3) is 0.375. The van der Waals surface area contributed by atoms with Crippen molar-refractivity contribution in [3.8, 4) is 0 Å². The van der Waals surface area contributed by atoms with Gasteiger partial charge < -0.3 is 5.11 Å². The van der Waals surface area contributed by atoms with Crippen LogP contribution in [0.2, 0.25) is 10.0 Å². The molecule has 0 unspecified atom stereocenters. The van der Waals surface area contributed by atoms with E-state index < -0.39 is 6.10 Å². The van der Waals surface area contributed by atoms with E-state index in [1.165, 1.54) is 6.20 Å². The quantitative estimate of drug-likeness (QED) is 0.766. The molecule has 1 atom stereocenters. The molecule has 0 fully saturated rings. The summed E-state index contributed by atoms with van der Waals surface area (Å²) in [4.78, 5) is 3.95. The van der Waals surface area contributed by atoms with Gasteiger partial charge in [0, 0.05) is 11.8 Å². The van der Waals surface area contributed by atoms with Gasteiger partial charge in [0.25, 0.3) is 0 Å². The highest BCUT2D eigenvalue weighted by atomic mass is 35.5. The molecule has 0 saturated carbocycles. The van der Waals surface area contributed by atoms with Crippen LogP contribution in [0, 0.1) is 6.92 Å². The van der Waals surface area contributed by atoms with E-state index in [2.05, 4.69) is 4.98 Å². The van der Waals surface area contributed by atoms with E-state index in [0.717, 1.165) is 0 Å². The Balaban J connectivity index is 3.33. The molecule has 1 N–H and O–H groups in total. The minimum Gasteiger partial charge on any atom is -0.389 e. The largest absolute Gasteiger partial charge is 0.389 e. The number of aryl methyl sites for hydroxylation is 1. The van der Waals surface area contributed by atoms with Crippen molar-refractivity contribution in [2.45, 2.75) is 20.0 Å². The molecule has 2 nitrogen and oxygen atoms in total. The number of pyridine rings is 1.